The van der Waals surface area contributed by atoms with Crippen molar-refractivity contribution in [3.63, 3.8) is 0 Å². The van der Waals surface area contributed by atoms with Gasteiger partial charge in [-0.1, -0.05) is 18.2 Å². The molecule has 0 aliphatic heterocycles. The van der Waals surface area contributed by atoms with Gasteiger partial charge < -0.3 is 15.1 Å². The number of anilines is 2. The van der Waals surface area contributed by atoms with Crippen molar-refractivity contribution in [2.24, 2.45) is 0 Å². The van der Waals surface area contributed by atoms with E-state index in [-0.39, 0.29) is 17.4 Å². The predicted octanol–water partition coefficient (Wildman–Crippen LogP) is 5.05. The molecular formula is C21H14FN3O3S. The Bertz CT molecular complexity index is 1150. The molecule has 0 unspecified atom stereocenters. The fourth-order valence-electron chi connectivity index (χ4n) is 2.67. The number of thiophene rings is 1. The molecular weight excluding hydrogens is 393 g/mol. The number of hydrogen-bond donors (Lipinski definition) is 2. The van der Waals surface area contributed by atoms with Gasteiger partial charge in [-0.3, -0.25) is 9.59 Å². The molecule has 2 aromatic heterocycles. The number of carbonyl (C=O) groups excluding carboxylic acids is 2. The lowest BCUT2D eigenvalue weighted by Gasteiger charge is -2.07. The molecule has 8 heteroatoms. The number of oxazole rings is 1. The number of aromatic nitrogens is 1. The highest BCUT2D eigenvalue weighted by Gasteiger charge is 2.19. The summed E-state index contributed by atoms with van der Waals surface area (Å²) in [5, 5.41) is 7.32. The molecule has 29 heavy (non-hydrogen) atoms. The second kappa shape index (κ2) is 8.07. The molecule has 0 bridgehead atoms. The van der Waals surface area contributed by atoms with Crippen LogP contribution in [-0.2, 0) is 0 Å². The highest BCUT2D eigenvalue weighted by Crippen LogP contribution is 2.25. The largest absolute Gasteiger partial charge is 0.443 e. The summed E-state index contributed by atoms with van der Waals surface area (Å²) < 4.78 is 18.7. The second-order valence-electron chi connectivity index (χ2n) is 6.00. The molecule has 0 aliphatic carbocycles. The Hall–Kier alpha value is -3.78. The first kappa shape index (κ1) is 18.6. The van der Waals surface area contributed by atoms with E-state index in [1.807, 2.05) is 5.38 Å². The molecule has 144 valence electrons. The Morgan fingerprint density at radius 2 is 1.66 bits per heavy atom. The van der Waals surface area contributed by atoms with Gasteiger partial charge in [0.15, 0.2) is 17.8 Å². The molecule has 0 radical (unpaired) electrons. The molecule has 0 atom stereocenters. The summed E-state index contributed by atoms with van der Waals surface area (Å²) in [4.78, 5) is 29.2. The molecule has 0 aliphatic rings. The minimum atomic E-state index is -0.492. The molecule has 2 N–H and O–H groups in total. The number of nitrogens with one attached hydrogen (secondary N) is 2. The van der Waals surface area contributed by atoms with Gasteiger partial charge in [-0.15, -0.1) is 11.3 Å². The number of amides is 2. The summed E-state index contributed by atoms with van der Waals surface area (Å²) in [5.41, 5.74) is 1.57. The van der Waals surface area contributed by atoms with Crippen LogP contribution in [-0.4, -0.2) is 16.8 Å². The monoisotopic (exact) mass is 407 g/mol. The second-order valence-corrected chi connectivity index (χ2v) is 6.95. The lowest BCUT2D eigenvalue weighted by atomic mass is 10.1. The zero-order chi connectivity index (χ0) is 20.2. The zero-order valence-corrected chi connectivity index (χ0v) is 15.7. The number of halogens is 1. The van der Waals surface area contributed by atoms with Crippen molar-refractivity contribution in [2.75, 3.05) is 10.6 Å². The minimum Gasteiger partial charge on any atom is -0.443 e. The quantitative estimate of drug-likeness (QED) is 0.485. The maximum absolute atomic E-state index is 13.5. The first-order valence-corrected chi connectivity index (χ1v) is 9.44. The van der Waals surface area contributed by atoms with Gasteiger partial charge in [0.1, 0.15) is 5.82 Å². The van der Waals surface area contributed by atoms with E-state index in [1.165, 1.54) is 29.5 Å². The molecule has 4 aromatic rings. The summed E-state index contributed by atoms with van der Waals surface area (Å²) in [6, 6.07) is 15.9. The van der Waals surface area contributed by atoms with Gasteiger partial charge >= 0.3 is 0 Å². The van der Waals surface area contributed by atoms with E-state index < -0.39 is 11.7 Å². The molecule has 6 nitrogen and oxygen atoms in total. The Labute approximate surface area is 169 Å². The van der Waals surface area contributed by atoms with Gasteiger partial charge in [0.2, 0.25) is 0 Å². The van der Waals surface area contributed by atoms with Crippen LogP contribution >= 0.6 is 11.3 Å². The topological polar surface area (TPSA) is 84.2 Å². The summed E-state index contributed by atoms with van der Waals surface area (Å²) in [6.45, 7) is 0. The Balaban J connectivity index is 1.46. The van der Waals surface area contributed by atoms with E-state index in [9.17, 15) is 14.0 Å². The predicted molar refractivity (Wildman–Crippen MR) is 109 cm³/mol. The normalized spacial score (nSPS) is 10.5. The van der Waals surface area contributed by atoms with Gasteiger partial charge in [0, 0.05) is 16.9 Å². The van der Waals surface area contributed by atoms with Gasteiger partial charge in [0.05, 0.1) is 4.88 Å². The lowest BCUT2D eigenvalue weighted by molar-refractivity contribution is 0.101. The molecule has 0 spiro atoms. The van der Waals surface area contributed by atoms with Crippen LogP contribution in [0.25, 0.3) is 11.3 Å². The van der Waals surface area contributed by atoms with Crippen LogP contribution in [0.1, 0.15) is 20.2 Å². The number of rotatable bonds is 5. The number of hydrogen-bond acceptors (Lipinski definition) is 5. The molecule has 2 amide bonds. The van der Waals surface area contributed by atoms with Crippen molar-refractivity contribution in [3.05, 3.63) is 88.8 Å². The molecule has 0 saturated carbocycles. The average Bonchev–Trinajstić information content (AvgIpc) is 3.42. The Morgan fingerprint density at radius 3 is 2.31 bits per heavy atom. The first-order chi connectivity index (χ1) is 14.1. The first-order valence-electron chi connectivity index (χ1n) is 8.56. The Morgan fingerprint density at radius 1 is 0.931 bits per heavy atom. The number of carbonyl (C=O) groups is 2. The number of benzene rings is 2. The fraction of sp³-hybridized carbons (Fsp3) is 0. The third kappa shape index (κ3) is 4.22. The highest BCUT2D eigenvalue weighted by atomic mass is 32.1. The average molecular weight is 407 g/mol. The zero-order valence-electron chi connectivity index (χ0n) is 14.9. The summed E-state index contributed by atoms with van der Waals surface area (Å²) >= 11 is 1.35. The standard InChI is InChI=1S/C21H14FN3O3S/c22-14-4-1-3-13(11-14)19-18(23-12-28-19)21(27)25-16-8-6-15(7-9-16)24-20(26)17-5-2-10-29-17/h1-12H,(H,24,26)(H,25,27). The molecule has 0 saturated heterocycles. The van der Waals surface area contributed by atoms with Crippen LogP contribution < -0.4 is 10.6 Å². The van der Waals surface area contributed by atoms with Gasteiger partial charge in [-0.25, -0.2) is 9.37 Å². The van der Waals surface area contributed by atoms with Gasteiger partial charge in [-0.2, -0.15) is 0 Å². The van der Waals surface area contributed by atoms with Crippen molar-refractivity contribution in [1.29, 1.82) is 0 Å². The Kier molecular flexibility index (Phi) is 5.17. The maximum atomic E-state index is 13.5. The minimum absolute atomic E-state index is 0.0469. The molecule has 4 rings (SSSR count). The van der Waals surface area contributed by atoms with Crippen molar-refractivity contribution in [1.82, 2.24) is 4.98 Å². The van der Waals surface area contributed by atoms with E-state index in [2.05, 4.69) is 15.6 Å². The van der Waals surface area contributed by atoms with Crippen LogP contribution in [0.15, 0.2) is 76.9 Å². The van der Waals surface area contributed by atoms with Crippen molar-refractivity contribution in [3.8, 4) is 11.3 Å². The highest BCUT2D eigenvalue weighted by molar-refractivity contribution is 7.12. The van der Waals surface area contributed by atoms with E-state index in [0.29, 0.717) is 21.8 Å². The smallest absolute Gasteiger partial charge is 0.278 e. The third-order valence-electron chi connectivity index (χ3n) is 4.01. The van der Waals surface area contributed by atoms with E-state index in [4.69, 9.17) is 4.42 Å². The van der Waals surface area contributed by atoms with Crippen LogP contribution in [0.4, 0.5) is 15.8 Å². The van der Waals surface area contributed by atoms with Crippen LogP contribution in [0.5, 0.6) is 0 Å². The van der Waals surface area contributed by atoms with Crippen LogP contribution in [0.2, 0.25) is 0 Å². The maximum Gasteiger partial charge on any atom is 0.278 e. The van der Waals surface area contributed by atoms with Crippen LogP contribution in [0, 0.1) is 5.82 Å². The van der Waals surface area contributed by atoms with E-state index in [0.717, 1.165) is 6.39 Å². The fourth-order valence-corrected chi connectivity index (χ4v) is 3.29. The summed E-state index contributed by atoms with van der Waals surface area (Å²) in [6.07, 6.45) is 1.14. The summed E-state index contributed by atoms with van der Waals surface area (Å²) in [7, 11) is 0. The molecule has 2 heterocycles. The van der Waals surface area contributed by atoms with Gasteiger partial charge in [0.25, 0.3) is 11.8 Å². The van der Waals surface area contributed by atoms with E-state index in [1.54, 1.807) is 42.5 Å². The summed E-state index contributed by atoms with van der Waals surface area (Å²) in [5.74, 6) is -0.945. The SMILES string of the molecule is O=C(Nc1ccc(NC(=O)c2ncoc2-c2cccc(F)c2)cc1)c1cccs1. The van der Waals surface area contributed by atoms with Crippen LogP contribution in [0.3, 0.4) is 0 Å². The van der Waals surface area contributed by atoms with Gasteiger partial charge in [-0.05, 0) is 47.8 Å². The van der Waals surface area contributed by atoms with Crippen molar-refractivity contribution < 1.29 is 18.4 Å². The third-order valence-corrected chi connectivity index (χ3v) is 4.88. The van der Waals surface area contributed by atoms with Crippen molar-refractivity contribution in [2.45, 2.75) is 0 Å². The van der Waals surface area contributed by atoms with Crippen molar-refractivity contribution >= 4 is 34.5 Å². The van der Waals surface area contributed by atoms with E-state index >= 15 is 0 Å². The lowest BCUT2D eigenvalue weighted by Crippen LogP contribution is -2.14. The molecule has 2 aromatic carbocycles. The molecule has 0 fully saturated rings. The number of nitrogens with zero attached hydrogens (tertiary/aromatic N) is 1.